The van der Waals surface area contributed by atoms with E-state index in [9.17, 15) is 9.18 Å². The predicted octanol–water partition coefficient (Wildman–Crippen LogP) is 5.53. The molecule has 29 heavy (non-hydrogen) atoms. The number of aromatic amines is 1. The largest absolute Gasteiger partial charge is 0.348 e. The minimum atomic E-state index is -0.234. The van der Waals surface area contributed by atoms with Gasteiger partial charge in [-0.2, -0.15) is 0 Å². The van der Waals surface area contributed by atoms with Crippen molar-refractivity contribution in [2.45, 2.75) is 32.2 Å². The van der Waals surface area contributed by atoms with E-state index in [1.807, 2.05) is 24.3 Å². The summed E-state index contributed by atoms with van der Waals surface area (Å²) >= 11 is 1.55. The van der Waals surface area contributed by atoms with Gasteiger partial charge in [0, 0.05) is 21.4 Å². The van der Waals surface area contributed by atoms with Crippen LogP contribution in [0, 0.1) is 17.7 Å². The number of H-pyrrole nitrogens is 1. The van der Waals surface area contributed by atoms with Crippen LogP contribution in [0.3, 0.4) is 0 Å². The molecule has 6 heteroatoms. The van der Waals surface area contributed by atoms with E-state index in [0.717, 1.165) is 38.2 Å². The third kappa shape index (κ3) is 3.42. The van der Waals surface area contributed by atoms with Gasteiger partial charge in [-0.1, -0.05) is 32.0 Å². The van der Waals surface area contributed by atoms with Crippen LogP contribution in [0.25, 0.3) is 21.1 Å². The number of imidazole rings is 1. The summed E-state index contributed by atoms with van der Waals surface area (Å²) in [5.41, 5.74) is 1.94. The Bertz CT molecular complexity index is 1180. The molecule has 148 valence electrons. The number of amides is 1. The molecule has 0 spiro atoms. The minimum Gasteiger partial charge on any atom is -0.348 e. The monoisotopic (exact) mass is 407 g/mol. The summed E-state index contributed by atoms with van der Waals surface area (Å²) in [6.07, 6.45) is 0.814. The van der Waals surface area contributed by atoms with E-state index >= 15 is 0 Å². The van der Waals surface area contributed by atoms with Crippen molar-refractivity contribution in [2.75, 3.05) is 0 Å². The zero-order valence-electron chi connectivity index (χ0n) is 16.3. The van der Waals surface area contributed by atoms with E-state index < -0.39 is 0 Å². The summed E-state index contributed by atoms with van der Waals surface area (Å²) in [5, 5.41) is 4.25. The van der Waals surface area contributed by atoms with Gasteiger partial charge in [-0.05, 0) is 48.1 Å². The van der Waals surface area contributed by atoms with Crippen molar-refractivity contribution in [1.29, 1.82) is 0 Å². The van der Waals surface area contributed by atoms with Crippen molar-refractivity contribution >= 4 is 38.4 Å². The Kier molecular flexibility index (Phi) is 4.39. The number of thiophene rings is 1. The average molecular weight is 408 g/mol. The van der Waals surface area contributed by atoms with Gasteiger partial charge in [0.1, 0.15) is 11.6 Å². The predicted molar refractivity (Wildman–Crippen MR) is 114 cm³/mol. The van der Waals surface area contributed by atoms with Crippen LogP contribution in [0.2, 0.25) is 0 Å². The summed E-state index contributed by atoms with van der Waals surface area (Å²) in [4.78, 5) is 22.0. The number of carbonyl (C=O) groups excluding carboxylic acids is 1. The number of halogens is 1. The minimum absolute atomic E-state index is 0.0522. The van der Waals surface area contributed by atoms with Crippen LogP contribution in [0.1, 0.15) is 42.9 Å². The van der Waals surface area contributed by atoms with Gasteiger partial charge >= 0.3 is 0 Å². The van der Waals surface area contributed by atoms with Gasteiger partial charge in [-0.25, -0.2) is 9.37 Å². The second-order valence-electron chi connectivity index (χ2n) is 8.15. The summed E-state index contributed by atoms with van der Waals surface area (Å²) in [6, 6.07) is 14.7. The number of nitrogens with one attached hydrogen (secondary N) is 2. The molecule has 3 atom stereocenters. The number of carbonyl (C=O) groups is 1. The van der Waals surface area contributed by atoms with E-state index in [0.29, 0.717) is 0 Å². The summed E-state index contributed by atoms with van der Waals surface area (Å²) < 4.78 is 14.4. The van der Waals surface area contributed by atoms with E-state index in [1.54, 1.807) is 23.5 Å². The maximum Gasteiger partial charge on any atom is 0.224 e. The van der Waals surface area contributed by atoms with Gasteiger partial charge in [0.2, 0.25) is 5.91 Å². The number of hydrogen-bond donors (Lipinski definition) is 2. The number of nitrogens with zero attached hydrogens (tertiary/aromatic N) is 1. The van der Waals surface area contributed by atoms with Gasteiger partial charge in [-0.3, -0.25) is 4.79 Å². The number of aromatic nitrogens is 2. The molecule has 2 aromatic heterocycles. The molecule has 1 amide bonds. The van der Waals surface area contributed by atoms with Gasteiger partial charge in [0.15, 0.2) is 0 Å². The Balaban J connectivity index is 1.33. The quantitative estimate of drug-likeness (QED) is 0.457. The van der Waals surface area contributed by atoms with Crippen LogP contribution in [0.5, 0.6) is 0 Å². The number of para-hydroxylation sites is 2. The van der Waals surface area contributed by atoms with Gasteiger partial charge in [-0.15, -0.1) is 11.3 Å². The topological polar surface area (TPSA) is 57.8 Å². The Hall–Kier alpha value is -2.73. The third-order valence-electron chi connectivity index (χ3n) is 5.66. The Morgan fingerprint density at radius 3 is 2.86 bits per heavy atom. The molecule has 1 aliphatic rings. The first-order valence-corrected chi connectivity index (χ1v) is 10.8. The summed E-state index contributed by atoms with van der Waals surface area (Å²) in [7, 11) is 0. The molecule has 0 saturated heterocycles. The lowest BCUT2D eigenvalue weighted by Gasteiger charge is -2.21. The van der Waals surface area contributed by atoms with Crippen molar-refractivity contribution in [1.82, 2.24) is 15.3 Å². The first kappa shape index (κ1) is 18.3. The van der Waals surface area contributed by atoms with Gasteiger partial charge in [0.25, 0.3) is 0 Å². The SMILES string of the molecule is CC(C)C(NC(=O)[C@H]1C[C@@H]1c1nc2ccccc2[nH]1)c1cc2ccc(F)cc2s1. The molecular formula is C23H22FN3OS. The second kappa shape index (κ2) is 6.95. The van der Waals surface area contributed by atoms with Crippen molar-refractivity contribution in [3.05, 3.63) is 65.0 Å². The second-order valence-corrected chi connectivity index (χ2v) is 9.26. The molecule has 0 aliphatic heterocycles. The number of fused-ring (bicyclic) bond motifs is 2. The maximum absolute atomic E-state index is 13.5. The fourth-order valence-electron chi connectivity index (χ4n) is 3.94. The van der Waals surface area contributed by atoms with Crippen LogP contribution >= 0.6 is 11.3 Å². The van der Waals surface area contributed by atoms with Crippen LogP contribution in [-0.4, -0.2) is 15.9 Å². The number of rotatable bonds is 5. The van der Waals surface area contributed by atoms with Crippen LogP contribution in [-0.2, 0) is 4.79 Å². The number of benzene rings is 2. The molecule has 1 aliphatic carbocycles. The Labute approximate surface area is 172 Å². The molecule has 4 aromatic rings. The van der Waals surface area contributed by atoms with Gasteiger partial charge in [0.05, 0.1) is 17.1 Å². The Morgan fingerprint density at radius 2 is 2.07 bits per heavy atom. The molecule has 5 rings (SSSR count). The molecule has 2 heterocycles. The lowest BCUT2D eigenvalue weighted by molar-refractivity contribution is -0.123. The maximum atomic E-state index is 13.5. The van der Waals surface area contributed by atoms with Crippen LogP contribution in [0.15, 0.2) is 48.5 Å². The van der Waals surface area contributed by atoms with Crippen molar-refractivity contribution in [3.8, 4) is 0 Å². The first-order chi connectivity index (χ1) is 14.0. The molecule has 1 unspecified atom stereocenters. The normalized spacial score (nSPS) is 19.7. The van der Waals surface area contributed by atoms with Crippen LogP contribution in [0.4, 0.5) is 4.39 Å². The zero-order chi connectivity index (χ0) is 20.1. The third-order valence-corrected chi connectivity index (χ3v) is 6.84. The standard InChI is InChI=1S/C23H22FN3OS/c1-12(2)21(20-9-13-7-8-14(24)10-19(13)29-20)27-23(28)16-11-15(16)22-25-17-5-3-4-6-18(17)26-22/h3-10,12,15-16,21H,11H2,1-2H3,(H,25,26)(H,27,28)/t15-,16-,21?/m0/s1. The summed E-state index contributed by atoms with van der Waals surface area (Å²) in [5.74, 6) is 1.06. The van der Waals surface area contributed by atoms with Crippen molar-refractivity contribution < 1.29 is 9.18 Å². The van der Waals surface area contributed by atoms with Crippen LogP contribution < -0.4 is 5.32 Å². The molecule has 1 fully saturated rings. The average Bonchev–Trinajstić information content (AvgIpc) is 3.21. The Morgan fingerprint density at radius 1 is 1.24 bits per heavy atom. The first-order valence-electron chi connectivity index (χ1n) is 9.93. The molecule has 0 radical (unpaired) electrons. The van der Waals surface area contributed by atoms with Gasteiger partial charge < -0.3 is 10.3 Å². The smallest absolute Gasteiger partial charge is 0.224 e. The van der Waals surface area contributed by atoms with Crippen molar-refractivity contribution in [2.24, 2.45) is 11.8 Å². The fraction of sp³-hybridized carbons (Fsp3) is 0.304. The highest BCUT2D eigenvalue weighted by atomic mass is 32.1. The summed E-state index contributed by atoms with van der Waals surface area (Å²) in [6.45, 7) is 4.19. The van der Waals surface area contributed by atoms with E-state index in [4.69, 9.17) is 0 Å². The molecule has 1 saturated carbocycles. The molecule has 2 aromatic carbocycles. The van der Waals surface area contributed by atoms with Crippen molar-refractivity contribution in [3.63, 3.8) is 0 Å². The molecule has 0 bridgehead atoms. The van der Waals surface area contributed by atoms with E-state index in [2.05, 4.69) is 35.2 Å². The highest BCUT2D eigenvalue weighted by molar-refractivity contribution is 7.19. The van der Waals surface area contributed by atoms with E-state index in [-0.39, 0.29) is 35.5 Å². The lowest BCUT2D eigenvalue weighted by atomic mass is 10.0. The highest BCUT2D eigenvalue weighted by Gasteiger charge is 2.46. The highest BCUT2D eigenvalue weighted by Crippen LogP contribution is 2.47. The molecule has 4 nitrogen and oxygen atoms in total. The lowest BCUT2D eigenvalue weighted by Crippen LogP contribution is -2.32. The fourth-order valence-corrected chi connectivity index (χ4v) is 5.25. The van der Waals surface area contributed by atoms with E-state index in [1.165, 1.54) is 6.07 Å². The number of hydrogen-bond acceptors (Lipinski definition) is 3. The molecule has 2 N–H and O–H groups in total. The zero-order valence-corrected chi connectivity index (χ0v) is 17.1. The molecular weight excluding hydrogens is 385 g/mol.